The highest BCUT2D eigenvalue weighted by atomic mass is 19.3. The van der Waals surface area contributed by atoms with Crippen LogP contribution < -0.4 is 5.32 Å². The monoisotopic (exact) mass is 530 g/mol. The first-order valence-electron chi connectivity index (χ1n) is 14.7. The van der Waals surface area contributed by atoms with E-state index in [1.807, 2.05) is 35.2 Å². The van der Waals surface area contributed by atoms with Crippen molar-refractivity contribution in [2.75, 3.05) is 19.6 Å². The standard InChI is InChI=1S/C30H44F2N4O2/c1-4-34-20-29(36(21(2)3)28(34)38)18-24-10-11-25(19-29)35(24)17-14-26(22-8-6-5-7-9-22)33-27(37)23-12-15-30(31,32)16-13-23/h5-9,21,23-26H,4,10-20H2,1-3H3,(H,33,37)/t24?,25?,26-,29?/m0/s1. The summed E-state index contributed by atoms with van der Waals surface area (Å²) in [6.45, 7) is 8.78. The zero-order chi connectivity index (χ0) is 27.1. The van der Waals surface area contributed by atoms with Gasteiger partial charge < -0.3 is 15.1 Å². The van der Waals surface area contributed by atoms with Crippen molar-refractivity contribution in [3.63, 3.8) is 0 Å². The molecule has 2 unspecified atom stereocenters. The normalized spacial score (nSPS) is 30.4. The van der Waals surface area contributed by atoms with Gasteiger partial charge in [0.05, 0.1) is 11.6 Å². The van der Waals surface area contributed by atoms with Gasteiger partial charge in [0.2, 0.25) is 11.8 Å². The van der Waals surface area contributed by atoms with Gasteiger partial charge in [-0.15, -0.1) is 0 Å². The third kappa shape index (κ3) is 5.30. The fourth-order valence-corrected chi connectivity index (χ4v) is 7.85. The van der Waals surface area contributed by atoms with Crippen LogP contribution in [-0.4, -0.2) is 75.9 Å². The number of halogens is 2. The van der Waals surface area contributed by atoms with Gasteiger partial charge in [-0.2, -0.15) is 0 Å². The van der Waals surface area contributed by atoms with E-state index in [1.165, 1.54) is 0 Å². The van der Waals surface area contributed by atoms with Gasteiger partial charge in [-0.3, -0.25) is 9.69 Å². The van der Waals surface area contributed by atoms with Crippen LogP contribution in [0.1, 0.15) is 90.2 Å². The molecule has 3 saturated heterocycles. The summed E-state index contributed by atoms with van der Waals surface area (Å²) in [4.78, 5) is 33.1. The molecular weight excluding hydrogens is 486 g/mol. The molecule has 3 heterocycles. The van der Waals surface area contributed by atoms with Crippen LogP contribution in [0.15, 0.2) is 30.3 Å². The predicted molar refractivity (Wildman–Crippen MR) is 144 cm³/mol. The van der Waals surface area contributed by atoms with Crippen LogP contribution in [0.4, 0.5) is 13.6 Å². The van der Waals surface area contributed by atoms with Crippen molar-refractivity contribution < 1.29 is 18.4 Å². The van der Waals surface area contributed by atoms with E-state index >= 15 is 0 Å². The average Bonchev–Trinajstić information content (AvgIpc) is 3.30. The van der Waals surface area contributed by atoms with Crippen molar-refractivity contribution in [2.24, 2.45) is 5.92 Å². The second-order valence-corrected chi connectivity index (χ2v) is 12.4. The summed E-state index contributed by atoms with van der Waals surface area (Å²) in [6, 6.07) is 11.1. The predicted octanol–water partition coefficient (Wildman–Crippen LogP) is 5.59. The molecular formula is C30H44F2N4O2. The molecule has 38 heavy (non-hydrogen) atoms. The Labute approximate surface area is 226 Å². The number of fused-ring (bicyclic) bond motifs is 2. The molecule has 1 spiro atoms. The molecule has 5 rings (SSSR count). The van der Waals surface area contributed by atoms with Gasteiger partial charge in [-0.05, 0) is 71.3 Å². The number of hydrogen-bond acceptors (Lipinski definition) is 3. The molecule has 1 saturated carbocycles. The Balaban J connectivity index is 1.26. The third-order valence-corrected chi connectivity index (χ3v) is 9.66. The van der Waals surface area contributed by atoms with Crippen molar-refractivity contribution in [3.05, 3.63) is 35.9 Å². The van der Waals surface area contributed by atoms with Gasteiger partial charge in [0, 0.05) is 56.5 Å². The maximum Gasteiger partial charge on any atom is 0.320 e. The van der Waals surface area contributed by atoms with Gasteiger partial charge in [0.1, 0.15) is 0 Å². The molecule has 4 aliphatic rings. The molecule has 6 nitrogen and oxygen atoms in total. The number of alkyl halides is 2. The fourth-order valence-electron chi connectivity index (χ4n) is 7.85. The molecule has 1 aromatic rings. The highest BCUT2D eigenvalue weighted by Gasteiger charge is 2.57. The Bertz CT molecular complexity index is 979. The van der Waals surface area contributed by atoms with E-state index in [0.29, 0.717) is 12.1 Å². The van der Waals surface area contributed by atoms with Gasteiger partial charge in [-0.25, -0.2) is 13.6 Å². The zero-order valence-corrected chi connectivity index (χ0v) is 23.2. The quantitative estimate of drug-likeness (QED) is 0.477. The minimum absolute atomic E-state index is 0.0836. The van der Waals surface area contributed by atoms with E-state index in [4.69, 9.17) is 0 Å². The summed E-state index contributed by atoms with van der Waals surface area (Å²) in [5.41, 5.74) is 0.980. The van der Waals surface area contributed by atoms with E-state index in [2.05, 4.69) is 35.9 Å². The lowest BCUT2D eigenvalue weighted by Crippen LogP contribution is -2.60. The molecule has 3 amide bonds. The molecule has 210 valence electrons. The average molecular weight is 531 g/mol. The molecule has 0 aromatic heterocycles. The summed E-state index contributed by atoms with van der Waals surface area (Å²) >= 11 is 0. The molecule has 3 aliphatic heterocycles. The number of amides is 3. The summed E-state index contributed by atoms with van der Waals surface area (Å²) in [5.74, 6) is -3.06. The molecule has 0 radical (unpaired) electrons. The minimum Gasteiger partial charge on any atom is -0.349 e. The van der Waals surface area contributed by atoms with Crippen LogP contribution in [0, 0.1) is 5.92 Å². The number of carbonyl (C=O) groups is 2. The van der Waals surface area contributed by atoms with Crippen molar-refractivity contribution in [3.8, 4) is 0 Å². The number of benzene rings is 1. The molecule has 3 atom stereocenters. The molecule has 2 bridgehead atoms. The lowest BCUT2D eigenvalue weighted by atomic mass is 9.81. The van der Waals surface area contributed by atoms with Gasteiger partial charge >= 0.3 is 6.03 Å². The zero-order valence-electron chi connectivity index (χ0n) is 23.2. The summed E-state index contributed by atoms with van der Waals surface area (Å²) in [6.07, 6.45) is 5.18. The first-order valence-corrected chi connectivity index (χ1v) is 14.7. The van der Waals surface area contributed by atoms with E-state index in [9.17, 15) is 18.4 Å². The molecule has 1 aromatic carbocycles. The van der Waals surface area contributed by atoms with Crippen LogP contribution in [0.3, 0.4) is 0 Å². The first kappa shape index (κ1) is 27.4. The molecule has 8 heteroatoms. The third-order valence-electron chi connectivity index (χ3n) is 9.66. The number of likely N-dealkylation sites (N-methyl/N-ethyl adjacent to an activating group) is 1. The minimum atomic E-state index is -2.64. The Morgan fingerprint density at radius 2 is 1.68 bits per heavy atom. The van der Waals surface area contributed by atoms with Gasteiger partial charge in [0.25, 0.3) is 0 Å². The summed E-state index contributed by atoms with van der Waals surface area (Å²) in [5, 5.41) is 3.24. The van der Waals surface area contributed by atoms with Crippen LogP contribution in [-0.2, 0) is 4.79 Å². The maximum atomic E-state index is 13.7. The lowest BCUT2D eigenvalue weighted by molar-refractivity contribution is -0.130. The van der Waals surface area contributed by atoms with Gasteiger partial charge in [-0.1, -0.05) is 30.3 Å². The van der Waals surface area contributed by atoms with E-state index in [1.54, 1.807) is 0 Å². The second-order valence-electron chi connectivity index (χ2n) is 12.4. The number of nitrogens with zero attached hydrogens (tertiary/aromatic N) is 3. The Morgan fingerprint density at radius 1 is 1.05 bits per heavy atom. The van der Waals surface area contributed by atoms with E-state index < -0.39 is 5.92 Å². The van der Waals surface area contributed by atoms with Crippen molar-refractivity contribution in [1.29, 1.82) is 0 Å². The van der Waals surface area contributed by atoms with Crippen molar-refractivity contribution in [2.45, 2.75) is 114 Å². The smallest absolute Gasteiger partial charge is 0.320 e. The Morgan fingerprint density at radius 3 is 2.26 bits per heavy atom. The highest BCUT2D eigenvalue weighted by molar-refractivity contribution is 5.79. The van der Waals surface area contributed by atoms with Crippen LogP contribution >= 0.6 is 0 Å². The van der Waals surface area contributed by atoms with Crippen molar-refractivity contribution >= 4 is 11.9 Å². The van der Waals surface area contributed by atoms with Crippen LogP contribution in [0.5, 0.6) is 0 Å². The molecule has 1 aliphatic carbocycles. The number of rotatable bonds is 8. The number of hydrogen-bond donors (Lipinski definition) is 1. The van der Waals surface area contributed by atoms with Crippen molar-refractivity contribution in [1.82, 2.24) is 20.0 Å². The number of urea groups is 1. The largest absolute Gasteiger partial charge is 0.349 e. The summed E-state index contributed by atoms with van der Waals surface area (Å²) in [7, 11) is 0. The van der Waals surface area contributed by atoms with Crippen LogP contribution in [0.2, 0.25) is 0 Å². The molecule has 4 fully saturated rings. The number of carbonyl (C=O) groups excluding carboxylic acids is 2. The maximum absolute atomic E-state index is 13.7. The molecule has 1 N–H and O–H groups in total. The second kappa shape index (κ2) is 10.7. The van der Waals surface area contributed by atoms with Gasteiger partial charge in [0.15, 0.2) is 0 Å². The first-order chi connectivity index (χ1) is 18.1. The lowest BCUT2D eigenvalue weighted by Gasteiger charge is -2.49. The van der Waals surface area contributed by atoms with E-state index in [0.717, 1.165) is 57.3 Å². The summed E-state index contributed by atoms with van der Waals surface area (Å²) < 4.78 is 27.3. The Kier molecular flexibility index (Phi) is 7.73. The number of nitrogens with one attached hydrogen (secondary N) is 1. The fraction of sp³-hybridized carbons (Fsp3) is 0.733. The van der Waals surface area contributed by atoms with Crippen LogP contribution in [0.25, 0.3) is 0 Å². The number of piperidine rings is 1. The topological polar surface area (TPSA) is 55.9 Å². The highest BCUT2D eigenvalue weighted by Crippen LogP contribution is 2.47. The van der Waals surface area contributed by atoms with E-state index in [-0.39, 0.29) is 61.2 Å². The Hall–Kier alpha value is -2.22. The SMILES string of the molecule is CCN1CC2(CC3CCC(C2)N3CC[C@H](NC(=O)C2CCC(F)(F)CC2)c2ccccc2)N(C(C)C)C1=O.